The number of benzene rings is 3. The fraction of sp³-hybridized carbons (Fsp3) is 0.500. The number of esters is 1. The minimum atomic E-state index is -1.35. The van der Waals surface area contributed by atoms with Gasteiger partial charge in [0.05, 0.1) is 34.6 Å². The third kappa shape index (κ3) is 7.09. The van der Waals surface area contributed by atoms with Crippen LogP contribution in [0.5, 0.6) is 0 Å². The van der Waals surface area contributed by atoms with Crippen molar-refractivity contribution in [3.63, 3.8) is 0 Å². The molecule has 15 nitrogen and oxygen atoms in total. The molecule has 4 aliphatic heterocycles. The van der Waals surface area contributed by atoms with E-state index in [0.717, 1.165) is 19.3 Å². The predicted octanol–water partition coefficient (Wildman–Crippen LogP) is 5.82. The van der Waals surface area contributed by atoms with Crippen molar-refractivity contribution in [1.82, 2.24) is 30.0 Å². The number of ether oxygens (including phenoxy) is 1. The van der Waals surface area contributed by atoms with Gasteiger partial charge in [-0.25, -0.2) is 9.18 Å². The van der Waals surface area contributed by atoms with E-state index in [1.54, 1.807) is 54.4 Å². The number of likely N-dealkylation sites (tertiary alicyclic amines) is 1. The zero-order valence-electron chi connectivity index (χ0n) is 37.9. The Hall–Kier alpha value is -5.58. The van der Waals surface area contributed by atoms with E-state index in [2.05, 4.69) is 21.3 Å². The maximum Gasteiger partial charge on any atom is 0.329 e. The minimum absolute atomic E-state index is 0.0199. The van der Waals surface area contributed by atoms with E-state index in [9.17, 15) is 33.6 Å². The molecule has 2 aliphatic carbocycles. The largest absolute Gasteiger partial charge is 0.468 e. The smallest absolute Gasteiger partial charge is 0.329 e. The summed E-state index contributed by atoms with van der Waals surface area (Å²) in [7, 11) is 2.93. The number of amides is 5. The summed E-state index contributed by atoms with van der Waals surface area (Å²) in [4.78, 5) is 97.4. The van der Waals surface area contributed by atoms with Gasteiger partial charge < -0.3 is 20.3 Å². The number of methoxy groups -OCH3 is 1. The molecule has 358 valence electrons. The van der Waals surface area contributed by atoms with Crippen molar-refractivity contribution in [2.75, 3.05) is 25.5 Å². The Morgan fingerprint density at radius 2 is 1.59 bits per heavy atom. The molecule has 10 rings (SSSR count). The van der Waals surface area contributed by atoms with Crippen LogP contribution >= 0.6 is 23.2 Å². The van der Waals surface area contributed by atoms with Gasteiger partial charge in [0.2, 0.25) is 29.5 Å². The second-order valence-corrected chi connectivity index (χ2v) is 20.5. The van der Waals surface area contributed by atoms with Crippen LogP contribution in [0.1, 0.15) is 112 Å². The van der Waals surface area contributed by atoms with E-state index in [4.69, 9.17) is 27.9 Å². The average Bonchev–Trinajstić information content (AvgIpc) is 3.89. The van der Waals surface area contributed by atoms with Crippen LogP contribution in [0.4, 0.5) is 10.1 Å². The molecular formula is C50H54Cl2FN7O8. The number of carbonyl (C=O) groups excluding carboxylic acids is 6. The molecule has 2 spiro atoms. The molecule has 4 N–H and O–H groups in total. The highest BCUT2D eigenvalue weighted by Gasteiger charge is 2.72. The first-order valence-corrected chi connectivity index (χ1v) is 24.5. The maximum absolute atomic E-state index is 16.4. The fourth-order valence-electron chi connectivity index (χ4n) is 13.1. The Balaban J connectivity index is 0.844. The lowest BCUT2D eigenvalue weighted by molar-refractivity contribution is -0.152. The molecule has 18 heteroatoms. The summed E-state index contributed by atoms with van der Waals surface area (Å²) in [5.74, 6) is -3.97. The number of fused-ring (bicyclic) bond motifs is 4. The number of hydrogen-bond acceptors (Lipinski definition) is 9. The van der Waals surface area contributed by atoms with Crippen LogP contribution in [0.15, 0.2) is 59.4 Å². The quantitative estimate of drug-likeness (QED) is 0.131. The first kappa shape index (κ1) is 46.2. The molecule has 1 unspecified atom stereocenters. The van der Waals surface area contributed by atoms with Crippen molar-refractivity contribution >= 4 is 75.4 Å². The lowest BCUT2D eigenvalue weighted by Crippen LogP contribution is -2.60. The minimum Gasteiger partial charge on any atom is -0.468 e. The van der Waals surface area contributed by atoms with Crippen molar-refractivity contribution < 1.29 is 37.9 Å². The van der Waals surface area contributed by atoms with Crippen molar-refractivity contribution in [2.24, 2.45) is 13.0 Å². The molecule has 0 bridgehead atoms. The topological polar surface area (TPSA) is 190 Å². The standard InChI is InChI=1S/C50H54Cl2FN7O8/c1-58-37-25-28(11-16-35(37)60(47(58)67)36-17-18-38(61)56-42(36)62)48(46(66)68-2)21-23-59(24-22-48)44(64)27-9-13-30(14-10-27)54-43(63)41-39(31-7-6-8-33(52)40(31)53)50(49(57-41)19-4-3-5-20-49)32-15-12-29(51)26-34(32)55-45(50)65/h6-8,11-12,15-16,25-27,30,36,39,41,57H,3-5,9-10,13-14,17-24H2,1-2H3,(H,54,63)(H,55,65)(H,56,61,62)/t27?,30?,36?,39-,41+,50+/m0/s1. The first-order valence-electron chi connectivity index (χ1n) is 23.7. The maximum atomic E-state index is 16.4. The number of piperidine rings is 2. The number of hydrogen-bond donors (Lipinski definition) is 4. The van der Waals surface area contributed by atoms with Gasteiger partial charge >= 0.3 is 11.7 Å². The third-order valence-corrected chi connectivity index (χ3v) is 16.9. The van der Waals surface area contributed by atoms with Crippen LogP contribution in [0.2, 0.25) is 10.0 Å². The van der Waals surface area contributed by atoms with Gasteiger partial charge in [-0.3, -0.25) is 48.5 Å². The molecular weight excluding hydrogens is 916 g/mol. The van der Waals surface area contributed by atoms with E-state index >= 15 is 4.39 Å². The van der Waals surface area contributed by atoms with Gasteiger partial charge in [-0.1, -0.05) is 66.7 Å². The van der Waals surface area contributed by atoms with Crippen LogP contribution in [0.3, 0.4) is 0 Å². The van der Waals surface area contributed by atoms with Crippen molar-refractivity contribution in [2.45, 2.75) is 124 Å². The molecule has 4 aromatic rings. The fourth-order valence-corrected chi connectivity index (χ4v) is 13.4. The Kier molecular flexibility index (Phi) is 11.8. The summed E-state index contributed by atoms with van der Waals surface area (Å²) in [5.41, 5.74) is -0.668. The molecule has 1 aromatic heterocycles. The summed E-state index contributed by atoms with van der Waals surface area (Å²) in [6.45, 7) is 0.583. The number of rotatable bonds is 7. The van der Waals surface area contributed by atoms with Gasteiger partial charge in [-0.05, 0) is 105 Å². The summed E-state index contributed by atoms with van der Waals surface area (Å²) < 4.78 is 24.6. The summed E-state index contributed by atoms with van der Waals surface area (Å²) in [6.07, 6.45) is 6.79. The zero-order chi connectivity index (χ0) is 47.9. The van der Waals surface area contributed by atoms with Gasteiger partial charge in [0.1, 0.15) is 17.3 Å². The molecule has 4 atom stereocenters. The monoisotopic (exact) mass is 969 g/mol. The molecule has 3 aromatic carbocycles. The Labute approximate surface area is 401 Å². The number of carbonyl (C=O) groups is 6. The molecule has 3 saturated heterocycles. The van der Waals surface area contributed by atoms with E-state index < -0.39 is 57.8 Å². The Morgan fingerprint density at radius 3 is 2.29 bits per heavy atom. The molecule has 5 amide bonds. The van der Waals surface area contributed by atoms with Crippen molar-refractivity contribution in [1.29, 1.82) is 0 Å². The number of anilines is 1. The van der Waals surface area contributed by atoms with Gasteiger partial charge in [0.15, 0.2) is 0 Å². The summed E-state index contributed by atoms with van der Waals surface area (Å²) in [5, 5.41) is 12.7. The first-order chi connectivity index (χ1) is 32.6. The number of aromatic nitrogens is 2. The van der Waals surface area contributed by atoms with Crippen LogP contribution in [0, 0.1) is 11.7 Å². The highest BCUT2D eigenvalue weighted by molar-refractivity contribution is 6.31. The van der Waals surface area contributed by atoms with Gasteiger partial charge in [0, 0.05) is 60.7 Å². The number of halogens is 3. The van der Waals surface area contributed by atoms with Gasteiger partial charge in [0.25, 0.3) is 0 Å². The molecule has 2 saturated carbocycles. The molecule has 6 aliphatic rings. The molecule has 5 heterocycles. The van der Waals surface area contributed by atoms with E-state index in [-0.39, 0.29) is 71.9 Å². The Bertz CT molecular complexity index is 2840. The second-order valence-electron chi connectivity index (χ2n) is 19.7. The third-order valence-electron chi connectivity index (χ3n) is 16.4. The second kappa shape index (κ2) is 17.4. The molecule has 5 fully saturated rings. The van der Waals surface area contributed by atoms with Crippen LogP contribution in [0.25, 0.3) is 11.0 Å². The normalized spacial score (nSPS) is 27.5. The lowest BCUT2D eigenvalue weighted by Gasteiger charge is -2.47. The van der Waals surface area contributed by atoms with Crippen molar-refractivity contribution in [3.8, 4) is 0 Å². The average molecular weight is 971 g/mol. The zero-order valence-corrected chi connectivity index (χ0v) is 39.4. The van der Waals surface area contributed by atoms with Gasteiger partial charge in [-0.2, -0.15) is 0 Å². The molecule has 0 radical (unpaired) electrons. The number of imide groups is 1. The Morgan fingerprint density at radius 1 is 0.853 bits per heavy atom. The summed E-state index contributed by atoms with van der Waals surface area (Å²) in [6, 6.07) is 13.2. The predicted molar refractivity (Wildman–Crippen MR) is 251 cm³/mol. The number of imidazole rings is 1. The van der Waals surface area contributed by atoms with E-state index in [0.29, 0.717) is 84.5 Å². The highest BCUT2D eigenvalue weighted by atomic mass is 35.5. The SMILES string of the molecule is COC(=O)C1(c2ccc3c(c2)n(C)c(=O)n3C2CCC(=O)NC2=O)CCN(C(=O)C2CCC(NC(=O)[C@@H]3NC4(CCCCC4)[C@@]4(C(=O)Nc5cc(Cl)ccc54)[C@H]3c3cccc(Cl)c3F)CC2)CC1. The van der Waals surface area contributed by atoms with Crippen molar-refractivity contribution in [3.05, 3.63) is 97.6 Å². The summed E-state index contributed by atoms with van der Waals surface area (Å²) >= 11 is 12.9. The van der Waals surface area contributed by atoms with Crippen LogP contribution in [-0.4, -0.2) is 87.4 Å². The van der Waals surface area contributed by atoms with E-state index in [1.165, 1.54) is 22.3 Å². The molecule has 68 heavy (non-hydrogen) atoms. The number of nitrogens with one attached hydrogen (secondary N) is 4. The lowest BCUT2D eigenvalue weighted by atomic mass is 9.55. The van der Waals surface area contributed by atoms with E-state index in [1.807, 2.05) is 6.07 Å². The van der Waals surface area contributed by atoms with Gasteiger partial charge in [-0.15, -0.1) is 0 Å². The number of aryl methyl sites for hydroxylation is 1. The van der Waals surface area contributed by atoms with Crippen LogP contribution in [-0.2, 0) is 51.4 Å². The number of nitrogens with zero attached hydrogens (tertiary/aromatic N) is 3. The van der Waals surface area contributed by atoms with Crippen LogP contribution < -0.4 is 27.0 Å². The highest BCUT2D eigenvalue weighted by Crippen LogP contribution is 2.63.